The van der Waals surface area contributed by atoms with Gasteiger partial charge >= 0.3 is 11.9 Å². The smallest absolute Gasteiger partial charge is 0.305 e. The number of esters is 2. The van der Waals surface area contributed by atoms with Crippen molar-refractivity contribution < 1.29 is 19.1 Å². The molecule has 0 aromatic heterocycles. The highest BCUT2D eigenvalue weighted by atomic mass is 16.5. The molecule has 196 valence electrons. The van der Waals surface area contributed by atoms with E-state index in [2.05, 4.69) is 13.8 Å². The SMILES string of the molecule is CCCCCCCCCCCCCCCCOC(=O)CCCCCC(=O)OCCCCCC. The molecule has 0 amide bonds. The van der Waals surface area contributed by atoms with Crippen LogP contribution in [0.5, 0.6) is 0 Å². The zero-order valence-corrected chi connectivity index (χ0v) is 22.3. The van der Waals surface area contributed by atoms with Crippen molar-refractivity contribution in [1.29, 1.82) is 0 Å². The molecule has 0 radical (unpaired) electrons. The molecule has 0 saturated heterocycles. The van der Waals surface area contributed by atoms with Gasteiger partial charge in [-0.1, -0.05) is 123 Å². The second-order valence-electron chi connectivity index (χ2n) is 9.66. The number of carbonyl (C=O) groups excluding carboxylic acids is 2. The van der Waals surface area contributed by atoms with E-state index in [9.17, 15) is 9.59 Å². The number of hydrogen-bond acceptors (Lipinski definition) is 4. The highest BCUT2D eigenvalue weighted by Crippen LogP contribution is 2.13. The second-order valence-corrected chi connectivity index (χ2v) is 9.66. The van der Waals surface area contributed by atoms with Crippen molar-refractivity contribution >= 4 is 11.9 Å². The number of rotatable bonds is 26. The zero-order valence-electron chi connectivity index (χ0n) is 22.3. The maximum absolute atomic E-state index is 11.8. The molecule has 0 rings (SSSR count). The van der Waals surface area contributed by atoms with Gasteiger partial charge in [0.25, 0.3) is 0 Å². The molecule has 0 unspecified atom stereocenters. The van der Waals surface area contributed by atoms with Crippen LogP contribution in [0.25, 0.3) is 0 Å². The van der Waals surface area contributed by atoms with Crippen LogP contribution in [0.1, 0.15) is 162 Å². The summed E-state index contributed by atoms with van der Waals surface area (Å²) in [6, 6.07) is 0. The van der Waals surface area contributed by atoms with Crippen LogP contribution in [0.2, 0.25) is 0 Å². The maximum Gasteiger partial charge on any atom is 0.305 e. The maximum atomic E-state index is 11.8. The first kappa shape index (κ1) is 31.9. The molecule has 0 aliphatic carbocycles. The van der Waals surface area contributed by atoms with Crippen LogP contribution < -0.4 is 0 Å². The Kier molecular flexibility index (Phi) is 26.3. The summed E-state index contributed by atoms with van der Waals surface area (Å²) in [5.41, 5.74) is 0. The van der Waals surface area contributed by atoms with E-state index in [0.29, 0.717) is 26.1 Å². The van der Waals surface area contributed by atoms with Crippen LogP contribution in [-0.2, 0) is 19.1 Å². The fourth-order valence-corrected chi connectivity index (χ4v) is 4.06. The standard InChI is InChI=1S/C29H56O4/c1-3-5-7-9-10-11-12-13-14-15-16-17-18-23-27-33-29(31)25-21-19-20-24-28(30)32-26-22-8-6-4-2/h3-27H2,1-2H3. The van der Waals surface area contributed by atoms with Gasteiger partial charge in [-0.3, -0.25) is 9.59 Å². The fraction of sp³-hybridized carbons (Fsp3) is 0.931. The summed E-state index contributed by atoms with van der Waals surface area (Å²) in [5.74, 6) is -0.199. The summed E-state index contributed by atoms with van der Waals surface area (Å²) >= 11 is 0. The van der Waals surface area contributed by atoms with Crippen LogP contribution >= 0.6 is 0 Å². The molecule has 0 N–H and O–H groups in total. The normalized spacial score (nSPS) is 11.0. The van der Waals surface area contributed by atoms with Crippen LogP contribution in [0.4, 0.5) is 0 Å². The van der Waals surface area contributed by atoms with Gasteiger partial charge in [0.1, 0.15) is 0 Å². The van der Waals surface area contributed by atoms with Crippen LogP contribution in [0.3, 0.4) is 0 Å². The molecular weight excluding hydrogens is 412 g/mol. The quantitative estimate of drug-likeness (QED) is 0.0938. The third-order valence-electron chi connectivity index (χ3n) is 6.28. The van der Waals surface area contributed by atoms with E-state index in [-0.39, 0.29) is 11.9 Å². The monoisotopic (exact) mass is 468 g/mol. The van der Waals surface area contributed by atoms with Crippen molar-refractivity contribution in [2.24, 2.45) is 0 Å². The Hall–Kier alpha value is -1.06. The summed E-state index contributed by atoms with van der Waals surface area (Å²) in [4.78, 5) is 23.4. The predicted molar refractivity (Wildman–Crippen MR) is 139 cm³/mol. The first-order valence-electron chi connectivity index (χ1n) is 14.5. The molecule has 0 heterocycles. The van der Waals surface area contributed by atoms with E-state index in [1.807, 2.05) is 0 Å². The molecule has 0 spiro atoms. The molecule has 0 aliphatic rings. The van der Waals surface area contributed by atoms with Gasteiger partial charge < -0.3 is 9.47 Å². The van der Waals surface area contributed by atoms with Crippen molar-refractivity contribution in [1.82, 2.24) is 0 Å². The van der Waals surface area contributed by atoms with Crippen molar-refractivity contribution in [2.75, 3.05) is 13.2 Å². The molecule has 33 heavy (non-hydrogen) atoms. The van der Waals surface area contributed by atoms with Crippen LogP contribution in [0.15, 0.2) is 0 Å². The van der Waals surface area contributed by atoms with Crippen LogP contribution in [-0.4, -0.2) is 25.2 Å². The second kappa shape index (κ2) is 27.2. The van der Waals surface area contributed by atoms with Crippen molar-refractivity contribution in [3.8, 4) is 0 Å². The number of hydrogen-bond donors (Lipinski definition) is 0. The molecule has 0 aliphatic heterocycles. The Morgan fingerprint density at radius 1 is 0.394 bits per heavy atom. The summed E-state index contributed by atoms with van der Waals surface area (Å²) in [6.45, 7) is 5.55. The van der Waals surface area contributed by atoms with E-state index in [0.717, 1.165) is 44.9 Å². The van der Waals surface area contributed by atoms with E-state index in [1.54, 1.807) is 0 Å². The van der Waals surface area contributed by atoms with Gasteiger partial charge in [0.05, 0.1) is 13.2 Å². The molecule has 4 nitrogen and oxygen atoms in total. The number of carbonyl (C=O) groups is 2. The molecule has 0 fully saturated rings. The van der Waals surface area contributed by atoms with Gasteiger partial charge in [-0.05, 0) is 25.7 Å². The lowest BCUT2D eigenvalue weighted by Crippen LogP contribution is -2.07. The first-order valence-corrected chi connectivity index (χ1v) is 14.5. The average molecular weight is 469 g/mol. The summed E-state index contributed by atoms with van der Waals surface area (Å²) < 4.78 is 10.6. The van der Waals surface area contributed by atoms with Gasteiger partial charge in [0.2, 0.25) is 0 Å². The number of ether oxygens (including phenoxy) is 2. The van der Waals surface area contributed by atoms with Gasteiger partial charge in [0, 0.05) is 12.8 Å². The van der Waals surface area contributed by atoms with Gasteiger partial charge in [-0.25, -0.2) is 0 Å². The lowest BCUT2D eigenvalue weighted by molar-refractivity contribution is -0.144. The van der Waals surface area contributed by atoms with Crippen molar-refractivity contribution in [2.45, 2.75) is 162 Å². The zero-order chi connectivity index (χ0) is 24.2. The van der Waals surface area contributed by atoms with E-state index < -0.39 is 0 Å². The topological polar surface area (TPSA) is 52.6 Å². The minimum atomic E-state index is -0.105. The van der Waals surface area contributed by atoms with Gasteiger partial charge in [-0.2, -0.15) is 0 Å². The van der Waals surface area contributed by atoms with E-state index in [4.69, 9.17) is 9.47 Å². The molecule has 0 aromatic rings. The highest BCUT2D eigenvalue weighted by molar-refractivity contribution is 5.69. The van der Waals surface area contributed by atoms with E-state index in [1.165, 1.54) is 89.9 Å². The van der Waals surface area contributed by atoms with Gasteiger partial charge in [-0.15, -0.1) is 0 Å². The summed E-state index contributed by atoms with van der Waals surface area (Å²) in [7, 11) is 0. The third-order valence-corrected chi connectivity index (χ3v) is 6.28. The summed E-state index contributed by atoms with van der Waals surface area (Å²) in [5, 5.41) is 0. The molecule has 4 heteroatoms. The Bertz CT molecular complexity index is 422. The molecular formula is C29H56O4. The largest absolute Gasteiger partial charge is 0.466 e. The fourth-order valence-electron chi connectivity index (χ4n) is 4.06. The van der Waals surface area contributed by atoms with Crippen LogP contribution in [0, 0.1) is 0 Å². The minimum absolute atomic E-state index is 0.0943. The Morgan fingerprint density at radius 3 is 1.03 bits per heavy atom. The number of unbranched alkanes of at least 4 members (excludes halogenated alkanes) is 18. The highest BCUT2D eigenvalue weighted by Gasteiger charge is 2.05. The molecule has 0 saturated carbocycles. The first-order chi connectivity index (χ1) is 16.2. The Balaban J connectivity index is 3.24. The lowest BCUT2D eigenvalue weighted by atomic mass is 10.0. The summed E-state index contributed by atoms with van der Waals surface area (Å²) in [6.07, 6.45) is 26.5. The minimum Gasteiger partial charge on any atom is -0.466 e. The Labute approximate surface area is 206 Å². The molecule has 0 atom stereocenters. The van der Waals surface area contributed by atoms with Crippen molar-refractivity contribution in [3.05, 3.63) is 0 Å². The molecule has 0 aromatic carbocycles. The lowest BCUT2D eigenvalue weighted by Gasteiger charge is -2.06. The average Bonchev–Trinajstić information content (AvgIpc) is 2.81. The van der Waals surface area contributed by atoms with E-state index >= 15 is 0 Å². The Morgan fingerprint density at radius 2 is 0.667 bits per heavy atom. The molecule has 0 bridgehead atoms. The van der Waals surface area contributed by atoms with Crippen molar-refractivity contribution in [3.63, 3.8) is 0 Å². The predicted octanol–water partition coefficient (Wildman–Crippen LogP) is 9.08. The van der Waals surface area contributed by atoms with Gasteiger partial charge in [0.15, 0.2) is 0 Å². The third kappa shape index (κ3) is 27.1.